The number of nitriles is 1. The fourth-order valence-corrected chi connectivity index (χ4v) is 5.05. The number of carbonyl (C=O) groups excluding carboxylic acids is 1. The molecule has 0 spiro atoms. The summed E-state index contributed by atoms with van der Waals surface area (Å²) in [5.41, 5.74) is 1.71. The molecule has 0 fully saturated rings. The number of esters is 1. The number of nitrogens with one attached hydrogen (secondary N) is 2. The van der Waals surface area contributed by atoms with Crippen LogP contribution in [-0.2, 0) is 26.0 Å². The van der Waals surface area contributed by atoms with E-state index >= 15 is 0 Å². The zero-order valence-corrected chi connectivity index (χ0v) is 23.3. The molecule has 0 saturated carbocycles. The second-order valence-corrected chi connectivity index (χ2v) is 11.8. The molecule has 2 N–H and O–H groups in total. The summed E-state index contributed by atoms with van der Waals surface area (Å²) < 4.78 is 34.6. The zero-order chi connectivity index (χ0) is 27.8. The molecule has 38 heavy (non-hydrogen) atoms. The highest BCUT2D eigenvalue weighted by molar-refractivity contribution is 8.13. The number of thioether (sulfide) groups is 1. The average molecular weight is 551 g/mol. The highest BCUT2D eigenvalue weighted by Crippen LogP contribution is 2.27. The van der Waals surface area contributed by atoms with Gasteiger partial charge in [0.25, 0.3) is 10.0 Å². The summed E-state index contributed by atoms with van der Waals surface area (Å²) in [6, 6.07) is 22.5. The van der Waals surface area contributed by atoms with E-state index in [4.69, 9.17) is 10.00 Å². The maximum atomic E-state index is 13.1. The molecular weight excluding hydrogens is 520 g/mol. The van der Waals surface area contributed by atoms with Gasteiger partial charge in [-0.15, -0.1) is 0 Å². The van der Waals surface area contributed by atoms with Gasteiger partial charge in [-0.3, -0.25) is 14.8 Å². The minimum absolute atomic E-state index is 0.0254. The lowest BCUT2D eigenvalue weighted by Crippen LogP contribution is -2.28. The first-order chi connectivity index (χ1) is 18.0. The van der Waals surface area contributed by atoms with Crippen molar-refractivity contribution in [1.82, 2.24) is 5.32 Å². The maximum Gasteiger partial charge on any atom is 0.314 e. The monoisotopic (exact) mass is 550 g/mol. The highest BCUT2D eigenvalue weighted by atomic mass is 32.2. The Morgan fingerprint density at radius 1 is 1.05 bits per heavy atom. The Morgan fingerprint density at radius 2 is 1.76 bits per heavy atom. The molecule has 1 unspecified atom stereocenters. The molecule has 3 rings (SSSR count). The van der Waals surface area contributed by atoms with Crippen molar-refractivity contribution < 1.29 is 17.9 Å². The Hall–Kier alpha value is -3.81. The first kappa shape index (κ1) is 28.8. The van der Waals surface area contributed by atoms with Crippen LogP contribution in [-0.4, -0.2) is 31.4 Å². The second kappa shape index (κ2) is 12.6. The third-order valence-electron chi connectivity index (χ3n) is 5.23. The number of carbonyl (C=O) groups is 1. The Labute approximate surface area is 228 Å². The number of hydrogen-bond acceptors (Lipinski definition) is 7. The van der Waals surface area contributed by atoms with Crippen LogP contribution in [0.2, 0.25) is 0 Å². The summed E-state index contributed by atoms with van der Waals surface area (Å²) in [6.07, 6.45) is 3.89. The van der Waals surface area contributed by atoms with E-state index in [9.17, 15) is 13.2 Å². The van der Waals surface area contributed by atoms with Gasteiger partial charge in [0.05, 0.1) is 16.5 Å². The van der Waals surface area contributed by atoms with Crippen molar-refractivity contribution in [3.8, 4) is 6.19 Å². The summed E-state index contributed by atoms with van der Waals surface area (Å²) in [6.45, 7) is 5.47. The molecule has 3 aromatic carbocycles. The van der Waals surface area contributed by atoms with Crippen molar-refractivity contribution in [3.05, 3.63) is 90.0 Å². The SMILES string of the molecule is CSC(=Nc1cccc(S(=O)(=O)Nc2cccc(CC(C(=O)OC(C)(C)C)c3ccccc3)c2)c1)NC#N. The molecule has 0 radical (unpaired) electrons. The van der Waals surface area contributed by atoms with Crippen LogP contribution in [0, 0.1) is 11.5 Å². The van der Waals surface area contributed by atoms with E-state index in [0.717, 1.165) is 11.1 Å². The molecular formula is C28H30N4O4S2. The molecule has 0 heterocycles. The van der Waals surface area contributed by atoms with E-state index < -0.39 is 21.5 Å². The Kier molecular flexibility index (Phi) is 9.55. The molecule has 10 heteroatoms. The number of hydrogen-bond donors (Lipinski definition) is 2. The lowest BCUT2D eigenvalue weighted by Gasteiger charge is -2.24. The minimum Gasteiger partial charge on any atom is -0.459 e. The minimum atomic E-state index is -3.93. The van der Waals surface area contributed by atoms with Crippen LogP contribution < -0.4 is 10.0 Å². The summed E-state index contributed by atoms with van der Waals surface area (Å²) in [5.74, 6) is -0.896. The van der Waals surface area contributed by atoms with Crippen molar-refractivity contribution >= 4 is 44.3 Å². The lowest BCUT2D eigenvalue weighted by atomic mass is 9.91. The van der Waals surface area contributed by atoms with Crippen LogP contribution in [0.25, 0.3) is 0 Å². The van der Waals surface area contributed by atoms with Crippen LogP contribution >= 0.6 is 11.8 Å². The van der Waals surface area contributed by atoms with Crippen molar-refractivity contribution in [2.24, 2.45) is 4.99 Å². The summed E-state index contributed by atoms with van der Waals surface area (Å²) in [7, 11) is -3.93. The summed E-state index contributed by atoms with van der Waals surface area (Å²) in [5, 5.41) is 11.6. The van der Waals surface area contributed by atoms with E-state index in [-0.39, 0.29) is 10.9 Å². The molecule has 0 aliphatic heterocycles. The summed E-state index contributed by atoms with van der Waals surface area (Å²) in [4.78, 5) is 17.4. The fraction of sp³-hybridized carbons (Fsp3) is 0.250. The van der Waals surface area contributed by atoms with Gasteiger partial charge in [-0.25, -0.2) is 13.4 Å². The standard InChI is InChI=1S/C28H30N4O4S2/c1-28(2,3)36-26(33)25(21-11-6-5-7-12-21)17-20-10-8-14-23(16-20)32-38(34,35)24-15-9-13-22(18-24)31-27(37-4)30-19-29/h5-16,18,25,32H,17H2,1-4H3,(H,30,31). The Balaban J connectivity index is 1.85. The predicted octanol–water partition coefficient (Wildman–Crippen LogP) is 5.58. The van der Waals surface area contributed by atoms with Gasteiger partial charge in [0.15, 0.2) is 11.4 Å². The Morgan fingerprint density at radius 3 is 2.42 bits per heavy atom. The molecule has 0 bridgehead atoms. The van der Waals surface area contributed by atoms with Crippen LogP contribution in [0.4, 0.5) is 11.4 Å². The maximum absolute atomic E-state index is 13.1. The smallest absolute Gasteiger partial charge is 0.314 e. The van der Waals surface area contributed by atoms with E-state index in [2.05, 4.69) is 15.0 Å². The molecule has 0 aliphatic rings. The van der Waals surface area contributed by atoms with Crippen molar-refractivity contribution in [1.29, 1.82) is 5.26 Å². The van der Waals surface area contributed by atoms with Crippen molar-refractivity contribution in [2.75, 3.05) is 11.0 Å². The third kappa shape index (κ3) is 8.36. The van der Waals surface area contributed by atoms with Crippen LogP contribution in [0.5, 0.6) is 0 Å². The summed E-state index contributed by atoms with van der Waals surface area (Å²) >= 11 is 1.23. The van der Waals surface area contributed by atoms with E-state index in [0.29, 0.717) is 23.0 Å². The van der Waals surface area contributed by atoms with Gasteiger partial charge in [-0.1, -0.05) is 60.3 Å². The largest absolute Gasteiger partial charge is 0.459 e. The number of amidine groups is 1. The number of ether oxygens (including phenoxy) is 1. The van der Waals surface area contributed by atoms with Gasteiger partial charge in [0, 0.05) is 5.69 Å². The number of benzene rings is 3. The normalized spacial score (nSPS) is 12.8. The van der Waals surface area contributed by atoms with Gasteiger partial charge in [0.1, 0.15) is 5.60 Å². The first-order valence-electron chi connectivity index (χ1n) is 11.8. The van der Waals surface area contributed by atoms with Crippen LogP contribution in [0.1, 0.15) is 37.8 Å². The van der Waals surface area contributed by atoms with Crippen molar-refractivity contribution in [2.45, 2.75) is 43.6 Å². The molecule has 0 amide bonds. The molecule has 1 atom stereocenters. The molecule has 198 valence electrons. The quantitative estimate of drug-likeness (QED) is 0.124. The molecule has 0 saturated heterocycles. The fourth-order valence-electron chi connectivity index (χ4n) is 3.62. The number of nitrogens with zero attached hydrogens (tertiary/aromatic N) is 2. The number of aliphatic imine (C=N–C) groups is 1. The second-order valence-electron chi connectivity index (χ2n) is 9.36. The average Bonchev–Trinajstić information content (AvgIpc) is 2.86. The van der Waals surface area contributed by atoms with Gasteiger partial charge < -0.3 is 4.74 Å². The molecule has 0 aliphatic carbocycles. The molecule has 0 aromatic heterocycles. The molecule has 8 nitrogen and oxygen atoms in total. The Bertz CT molecular complexity index is 1440. The first-order valence-corrected chi connectivity index (χ1v) is 14.5. The van der Waals surface area contributed by atoms with E-state index in [1.54, 1.807) is 42.8 Å². The number of anilines is 1. The number of rotatable bonds is 8. The lowest BCUT2D eigenvalue weighted by molar-refractivity contribution is -0.156. The third-order valence-corrected chi connectivity index (χ3v) is 7.19. The highest BCUT2D eigenvalue weighted by Gasteiger charge is 2.27. The van der Waals surface area contributed by atoms with Gasteiger partial charge >= 0.3 is 5.97 Å². The van der Waals surface area contributed by atoms with E-state index in [1.807, 2.05) is 57.2 Å². The van der Waals surface area contributed by atoms with E-state index in [1.165, 1.54) is 23.9 Å². The zero-order valence-electron chi connectivity index (χ0n) is 21.6. The topological polar surface area (TPSA) is 121 Å². The van der Waals surface area contributed by atoms with Gasteiger partial charge in [0.2, 0.25) is 0 Å². The van der Waals surface area contributed by atoms with Gasteiger partial charge in [-0.2, -0.15) is 5.26 Å². The predicted molar refractivity (Wildman–Crippen MR) is 152 cm³/mol. The van der Waals surface area contributed by atoms with Crippen LogP contribution in [0.15, 0.2) is 88.8 Å². The molecule has 3 aromatic rings. The number of sulfonamides is 1. The van der Waals surface area contributed by atoms with Gasteiger partial charge in [-0.05, 0) is 74.9 Å². The van der Waals surface area contributed by atoms with Crippen LogP contribution in [0.3, 0.4) is 0 Å². The van der Waals surface area contributed by atoms with Crippen molar-refractivity contribution in [3.63, 3.8) is 0 Å².